The molecule has 1 aliphatic heterocycles. The molecule has 174 valence electrons. The Bertz CT molecular complexity index is 1040. The van der Waals surface area contributed by atoms with Crippen LogP contribution in [0.5, 0.6) is 5.75 Å². The third-order valence-electron chi connectivity index (χ3n) is 4.84. The monoisotopic (exact) mass is 498 g/mol. The van der Waals surface area contributed by atoms with E-state index in [4.69, 9.17) is 28.5 Å². The van der Waals surface area contributed by atoms with Crippen LogP contribution in [0.15, 0.2) is 53.6 Å². The number of nitriles is 1. The molecule has 1 heterocycles. The number of hydrazone groups is 1. The number of benzene rings is 2. The van der Waals surface area contributed by atoms with Gasteiger partial charge in [0.2, 0.25) is 0 Å². The molecular formula is C22H19Cl2F3N4O2. The number of urea groups is 1. The Balaban J connectivity index is 1.69. The summed E-state index contributed by atoms with van der Waals surface area (Å²) in [4.78, 5) is 12.7. The minimum absolute atomic E-state index is 0.0625. The van der Waals surface area contributed by atoms with Crippen molar-refractivity contribution in [1.82, 2.24) is 5.01 Å². The largest absolute Gasteiger partial charge is 0.444 e. The quantitative estimate of drug-likeness (QED) is 0.337. The number of nitrogens with one attached hydrogen (secondary N) is 1. The van der Waals surface area contributed by atoms with Crippen molar-refractivity contribution in [3.63, 3.8) is 0 Å². The van der Waals surface area contributed by atoms with Gasteiger partial charge < -0.3 is 10.1 Å². The summed E-state index contributed by atoms with van der Waals surface area (Å²) in [5.74, 6) is -0.379. The van der Waals surface area contributed by atoms with Crippen LogP contribution >= 0.6 is 23.2 Å². The molecule has 0 bridgehead atoms. The molecule has 3 rings (SSSR count). The van der Waals surface area contributed by atoms with Crippen molar-refractivity contribution in [3.8, 4) is 11.8 Å². The summed E-state index contributed by atoms with van der Waals surface area (Å²) in [6, 6.07) is 13.7. The fraction of sp³-hybridized carbons (Fsp3) is 0.318. The van der Waals surface area contributed by atoms with Crippen LogP contribution in [0.2, 0.25) is 5.02 Å². The van der Waals surface area contributed by atoms with Crippen LogP contribution in [0.25, 0.3) is 0 Å². The number of ether oxygens (including phenoxy) is 1. The van der Waals surface area contributed by atoms with Crippen LogP contribution in [0, 0.1) is 17.2 Å². The maximum absolute atomic E-state index is 13.2. The predicted molar refractivity (Wildman–Crippen MR) is 119 cm³/mol. The van der Waals surface area contributed by atoms with Crippen molar-refractivity contribution in [2.75, 3.05) is 11.9 Å². The van der Waals surface area contributed by atoms with E-state index in [1.54, 1.807) is 12.1 Å². The number of carbonyl (C=O) groups is 1. The van der Waals surface area contributed by atoms with Gasteiger partial charge in [-0.2, -0.15) is 19.1 Å². The third-order valence-corrected chi connectivity index (χ3v) is 5.34. The Hall–Kier alpha value is -2.96. The predicted octanol–water partition coefficient (Wildman–Crippen LogP) is 6.41. The summed E-state index contributed by atoms with van der Waals surface area (Å²) in [6.45, 7) is 0.316. The molecule has 1 aliphatic rings. The molecule has 0 saturated heterocycles. The average Bonchev–Trinajstić information content (AvgIpc) is 3.20. The van der Waals surface area contributed by atoms with Gasteiger partial charge in [0.15, 0.2) is 0 Å². The SMILES string of the molecule is N#CCCCC1CN(C(=O)Nc2ccc(OC(F)(F)C(F)Cl)cc2)N=C1c1ccc(Cl)cc1. The number of hydrogen-bond acceptors (Lipinski definition) is 4. The maximum Gasteiger partial charge on any atom is 0.444 e. The Morgan fingerprint density at radius 1 is 1.27 bits per heavy atom. The molecule has 0 aromatic heterocycles. The standard InChI is InChI=1S/C22H19Cl2F3N4O2/c23-16-6-4-14(5-7-16)19-15(3-1-2-12-28)13-31(30-19)21(32)29-17-8-10-18(11-9-17)33-22(26,27)20(24)25/h4-11,15,20H,1-3,13H2,(H,29,32). The van der Waals surface area contributed by atoms with Gasteiger partial charge in [-0.05, 0) is 54.8 Å². The van der Waals surface area contributed by atoms with Crippen LogP contribution in [0.3, 0.4) is 0 Å². The third kappa shape index (κ3) is 6.53. The second-order valence-electron chi connectivity index (χ2n) is 7.24. The lowest BCUT2D eigenvalue weighted by molar-refractivity contribution is -0.199. The lowest BCUT2D eigenvalue weighted by Gasteiger charge is -2.18. The van der Waals surface area contributed by atoms with E-state index in [1.165, 1.54) is 17.1 Å². The number of rotatable bonds is 8. The van der Waals surface area contributed by atoms with E-state index in [1.807, 2.05) is 12.1 Å². The average molecular weight is 499 g/mol. The number of alkyl halides is 4. The molecule has 2 aromatic rings. The van der Waals surface area contributed by atoms with Crippen LogP contribution in [-0.2, 0) is 0 Å². The molecule has 2 atom stereocenters. The lowest BCUT2D eigenvalue weighted by atomic mass is 9.93. The van der Waals surface area contributed by atoms with Crippen molar-refractivity contribution >= 4 is 40.6 Å². The number of nitrogens with zero attached hydrogens (tertiary/aromatic N) is 3. The zero-order valence-corrected chi connectivity index (χ0v) is 18.7. The van der Waals surface area contributed by atoms with Crippen molar-refractivity contribution in [2.45, 2.75) is 31.0 Å². The van der Waals surface area contributed by atoms with E-state index in [0.717, 1.165) is 17.7 Å². The first-order valence-electron chi connectivity index (χ1n) is 9.94. The summed E-state index contributed by atoms with van der Waals surface area (Å²) in [6.07, 6.45) is -2.45. The highest BCUT2D eigenvalue weighted by Gasteiger charge is 2.42. The number of hydrogen-bond donors (Lipinski definition) is 1. The molecule has 2 amide bonds. The zero-order valence-electron chi connectivity index (χ0n) is 17.1. The van der Waals surface area contributed by atoms with Crippen molar-refractivity contribution in [3.05, 3.63) is 59.1 Å². The Labute approximate surface area is 198 Å². The van der Waals surface area contributed by atoms with Crippen LogP contribution in [0.4, 0.5) is 23.7 Å². The summed E-state index contributed by atoms with van der Waals surface area (Å²) in [5, 5.41) is 17.8. The van der Waals surface area contributed by atoms with E-state index < -0.39 is 17.8 Å². The number of halogens is 5. The fourth-order valence-corrected chi connectivity index (χ4v) is 3.41. The molecule has 33 heavy (non-hydrogen) atoms. The number of unbranched alkanes of at least 4 members (excludes halogenated alkanes) is 1. The van der Waals surface area contributed by atoms with Gasteiger partial charge in [-0.25, -0.2) is 14.2 Å². The highest BCUT2D eigenvalue weighted by molar-refractivity contribution is 6.30. The normalized spacial score (nSPS) is 16.7. The van der Waals surface area contributed by atoms with Gasteiger partial charge >= 0.3 is 12.1 Å². The van der Waals surface area contributed by atoms with E-state index >= 15 is 0 Å². The summed E-state index contributed by atoms with van der Waals surface area (Å²) in [7, 11) is 0. The van der Waals surface area contributed by atoms with E-state index in [-0.39, 0.29) is 11.7 Å². The fourth-order valence-electron chi connectivity index (χ4n) is 3.24. The van der Waals surface area contributed by atoms with Gasteiger partial charge in [0.25, 0.3) is 5.63 Å². The van der Waals surface area contributed by atoms with Gasteiger partial charge in [-0.3, -0.25) is 0 Å². The summed E-state index contributed by atoms with van der Waals surface area (Å²) >= 11 is 10.7. The Morgan fingerprint density at radius 2 is 1.94 bits per heavy atom. The van der Waals surface area contributed by atoms with Gasteiger partial charge in [-0.1, -0.05) is 35.3 Å². The minimum Gasteiger partial charge on any atom is -0.429 e. The molecule has 0 radical (unpaired) electrons. The topological polar surface area (TPSA) is 77.7 Å². The highest BCUT2D eigenvalue weighted by Crippen LogP contribution is 2.30. The number of amides is 2. The molecule has 6 nitrogen and oxygen atoms in total. The Morgan fingerprint density at radius 3 is 2.55 bits per heavy atom. The smallest absolute Gasteiger partial charge is 0.429 e. The first-order chi connectivity index (χ1) is 15.7. The van der Waals surface area contributed by atoms with Crippen molar-refractivity contribution in [2.24, 2.45) is 11.0 Å². The molecule has 1 N–H and O–H groups in total. The highest BCUT2D eigenvalue weighted by atomic mass is 35.5. The summed E-state index contributed by atoms with van der Waals surface area (Å²) in [5.41, 5.74) is -1.16. The second kappa shape index (κ2) is 10.8. The molecule has 0 aliphatic carbocycles. The number of anilines is 1. The van der Waals surface area contributed by atoms with Crippen molar-refractivity contribution in [1.29, 1.82) is 5.26 Å². The van der Waals surface area contributed by atoms with E-state index in [9.17, 15) is 18.0 Å². The van der Waals surface area contributed by atoms with Gasteiger partial charge in [-0.15, -0.1) is 0 Å². The van der Waals surface area contributed by atoms with E-state index in [0.29, 0.717) is 42.2 Å². The molecule has 2 aromatic carbocycles. The molecule has 0 fully saturated rings. The first-order valence-corrected chi connectivity index (χ1v) is 10.8. The van der Waals surface area contributed by atoms with Crippen LogP contribution in [-0.4, -0.2) is 35.0 Å². The van der Waals surface area contributed by atoms with Gasteiger partial charge in [0.1, 0.15) is 5.75 Å². The maximum atomic E-state index is 13.2. The Kier molecular flexibility index (Phi) is 8.06. The number of carbonyl (C=O) groups excluding carboxylic acids is 1. The van der Waals surface area contributed by atoms with Gasteiger partial charge in [0, 0.05) is 23.0 Å². The van der Waals surface area contributed by atoms with Gasteiger partial charge in [0.05, 0.1) is 18.3 Å². The van der Waals surface area contributed by atoms with Crippen LogP contribution < -0.4 is 10.1 Å². The molecule has 11 heteroatoms. The molecule has 2 unspecified atom stereocenters. The lowest BCUT2D eigenvalue weighted by Crippen LogP contribution is -2.32. The summed E-state index contributed by atoms with van der Waals surface area (Å²) < 4.78 is 43.4. The molecule has 0 spiro atoms. The second-order valence-corrected chi connectivity index (χ2v) is 8.06. The van der Waals surface area contributed by atoms with Crippen molar-refractivity contribution < 1.29 is 22.7 Å². The molecular weight excluding hydrogens is 480 g/mol. The minimum atomic E-state index is -4.19. The van der Waals surface area contributed by atoms with Crippen LogP contribution in [0.1, 0.15) is 24.8 Å². The first kappa shape index (κ1) is 24.7. The van der Waals surface area contributed by atoms with E-state index in [2.05, 4.69) is 21.2 Å². The zero-order chi connectivity index (χ0) is 24.0. The molecule has 0 saturated carbocycles.